The highest BCUT2D eigenvalue weighted by atomic mass is 16.5. The lowest BCUT2D eigenvalue weighted by molar-refractivity contribution is 0.0511. The lowest BCUT2D eigenvalue weighted by atomic mass is 10.0. The molecule has 0 bridgehead atoms. The van der Waals surface area contributed by atoms with Gasteiger partial charge in [-0.2, -0.15) is 0 Å². The Morgan fingerprint density at radius 1 is 0.660 bits per heavy atom. The number of aromatic nitrogens is 2. The number of imidazole rings is 1. The van der Waals surface area contributed by atoms with E-state index in [4.69, 9.17) is 39.1 Å². The predicted octanol–water partition coefficient (Wildman–Crippen LogP) is 5.69. The molecule has 5 rings (SSSR count). The fourth-order valence-corrected chi connectivity index (χ4v) is 5.44. The molecule has 1 heterocycles. The number of nitrogens with one attached hydrogen (secondary N) is 1. The molecule has 1 amide bonds. The third kappa shape index (κ3) is 9.00. The van der Waals surface area contributed by atoms with Gasteiger partial charge in [0.2, 0.25) is 0 Å². The molecule has 0 atom stereocenters. The first kappa shape index (κ1) is 35.9. The topological polar surface area (TPSA) is 128 Å². The SMILES string of the molecule is COc1ccc(-c2nc(-c3cc(OC)cc(OC)c3)n(Cc3ccc(C(=O)NCCOCCOCCN)cc3)c2-c2ccc(OC)cc2)cc1. The molecule has 0 saturated heterocycles. The Kier molecular flexibility index (Phi) is 12.8. The molecule has 1 aromatic heterocycles. The van der Waals surface area contributed by atoms with Crippen LogP contribution in [0.4, 0.5) is 0 Å². The van der Waals surface area contributed by atoms with Crippen molar-refractivity contribution in [3.05, 3.63) is 102 Å². The normalized spacial score (nSPS) is 10.9. The molecule has 0 fully saturated rings. The smallest absolute Gasteiger partial charge is 0.251 e. The van der Waals surface area contributed by atoms with E-state index in [2.05, 4.69) is 9.88 Å². The molecular formula is C39H44N4O7. The van der Waals surface area contributed by atoms with E-state index in [0.717, 1.165) is 45.1 Å². The molecule has 0 spiro atoms. The summed E-state index contributed by atoms with van der Waals surface area (Å²) in [5.74, 6) is 3.33. The fourth-order valence-electron chi connectivity index (χ4n) is 5.44. The highest BCUT2D eigenvalue weighted by Gasteiger charge is 2.23. The van der Waals surface area contributed by atoms with Crippen LogP contribution in [0, 0.1) is 0 Å². The molecule has 262 valence electrons. The van der Waals surface area contributed by atoms with Gasteiger partial charge >= 0.3 is 0 Å². The summed E-state index contributed by atoms with van der Waals surface area (Å²) in [6.07, 6.45) is 0. The second-order valence-corrected chi connectivity index (χ2v) is 11.2. The highest BCUT2D eigenvalue weighted by Crippen LogP contribution is 2.39. The largest absolute Gasteiger partial charge is 0.497 e. The van der Waals surface area contributed by atoms with E-state index in [1.807, 2.05) is 91.0 Å². The van der Waals surface area contributed by atoms with Crippen LogP contribution in [0.5, 0.6) is 23.0 Å². The lowest BCUT2D eigenvalue weighted by Crippen LogP contribution is -2.27. The standard InChI is InChI=1S/C39H44N4O7/c1-45-32-13-9-28(10-14-32)36-37(29-11-15-33(46-2)16-12-29)43(38(42-36)31-23-34(47-3)25-35(24-31)48-4)26-27-5-7-30(8-6-27)39(44)41-18-20-50-22-21-49-19-17-40/h5-16,23-25H,17-22,26,40H2,1-4H3,(H,41,44). The molecule has 3 N–H and O–H groups in total. The number of carbonyl (C=O) groups excluding carboxylic acids is 1. The Labute approximate surface area is 292 Å². The van der Waals surface area contributed by atoms with Crippen molar-refractivity contribution in [3.8, 4) is 56.9 Å². The third-order valence-electron chi connectivity index (χ3n) is 8.03. The molecular weight excluding hydrogens is 636 g/mol. The second kappa shape index (κ2) is 17.9. The first-order valence-corrected chi connectivity index (χ1v) is 16.3. The Morgan fingerprint density at radius 2 is 1.22 bits per heavy atom. The molecule has 11 heteroatoms. The van der Waals surface area contributed by atoms with Crippen LogP contribution in [0.25, 0.3) is 33.9 Å². The first-order valence-electron chi connectivity index (χ1n) is 16.3. The van der Waals surface area contributed by atoms with Crippen molar-refractivity contribution in [2.75, 3.05) is 68.0 Å². The van der Waals surface area contributed by atoms with E-state index in [-0.39, 0.29) is 5.91 Å². The molecule has 0 aliphatic carbocycles. The van der Waals surface area contributed by atoms with Gasteiger partial charge in [-0.1, -0.05) is 12.1 Å². The van der Waals surface area contributed by atoms with Crippen molar-refractivity contribution in [2.45, 2.75) is 6.54 Å². The van der Waals surface area contributed by atoms with Crippen LogP contribution in [0.3, 0.4) is 0 Å². The molecule has 50 heavy (non-hydrogen) atoms. The molecule has 0 unspecified atom stereocenters. The van der Waals surface area contributed by atoms with Gasteiger partial charge in [-0.05, 0) is 78.4 Å². The van der Waals surface area contributed by atoms with Gasteiger partial charge in [-0.25, -0.2) is 4.98 Å². The van der Waals surface area contributed by atoms with Gasteiger partial charge in [-0.3, -0.25) is 4.79 Å². The number of amides is 1. The fraction of sp³-hybridized carbons (Fsp3) is 0.282. The monoisotopic (exact) mass is 680 g/mol. The van der Waals surface area contributed by atoms with Gasteiger partial charge in [0.05, 0.1) is 66.3 Å². The Morgan fingerprint density at radius 3 is 1.78 bits per heavy atom. The van der Waals surface area contributed by atoms with Crippen LogP contribution in [-0.4, -0.2) is 83.4 Å². The zero-order valence-electron chi connectivity index (χ0n) is 28.9. The van der Waals surface area contributed by atoms with Gasteiger partial charge in [-0.15, -0.1) is 0 Å². The first-order chi connectivity index (χ1) is 24.5. The van der Waals surface area contributed by atoms with Crippen LogP contribution in [0.2, 0.25) is 0 Å². The van der Waals surface area contributed by atoms with Gasteiger partial charge in [0, 0.05) is 48.0 Å². The summed E-state index contributed by atoms with van der Waals surface area (Å²) in [5, 5.41) is 2.91. The van der Waals surface area contributed by atoms with Crippen molar-refractivity contribution in [1.82, 2.24) is 14.9 Å². The molecule has 4 aromatic carbocycles. The predicted molar refractivity (Wildman–Crippen MR) is 193 cm³/mol. The number of hydrogen-bond acceptors (Lipinski definition) is 9. The van der Waals surface area contributed by atoms with Crippen LogP contribution in [0.15, 0.2) is 91.0 Å². The third-order valence-corrected chi connectivity index (χ3v) is 8.03. The number of benzene rings is 4. The van der Waals surface area contributed by atoms with Crippen molar-refractivity contribution < 1.29 is 33.2 Å². The van der Waals surface area contributed by atoms with Gasteiger partial charge < -0.3 is 44.0 Å². The number of carbonyl (C=O) groups is 1. The van der Waals surface area contributed by atoms with E-state index < -0.39 is 0 Å². The number of ether oxygens (including phenoxy) is 6. The summed E-state index contributed by atoms with van der Waals surface area (Å²) in [5.41, 5.74) is 11.3. The average Bonchev–Trinajstić information content (AvgIpc) is 3.54. The molecule has 11 nitrogen and oxygen atoms in total. The van der Waals surface area contributed by atoms with Crippen LogP contribution in [0.1, 0.15) is 15.9 Å². The van der Waals surface area contributed by atoms with Crippen molar-refractivity contribution in [2.24, 2.45) is 5.73 Å². The quantitative estimate of drug-likeness (QED) is 0.112. The van der Waals surface area contributed by atoms with Gasteiger partial charge in [0.15, 0.2) is 0 Å². The lowest BCUT2D eigenvalue weighted by Gasteiger charge is -2.15. The summed E-state index contributed by atoms with van der Waals surface area (Å²) in [4.78, 5) is 18.2. The number of nitrogens with two attached hydrogens (primary N) is 1. The Hall–Kier alpha value is -5.36. The zero-order chi connectivity index (χ0) is 35.3. The van der Waals surface area contributed by atoms with E-state index in [0.29, 0.717) is 68.9 Å². The van der Waals surface area contributed by atoms with E-state index in [9.17, 15) is 4.79 Å². The maximum Gasteiger partial charge on any atom is 0.251 e. The summed E-state index contributed by atoms with van der Waals surface area (Å²) >= 11 is 0. The number of rotatable bonds is 18. The van der Waals surface area contributed by atoms with Crippen molar-refractivity contribution in [1.29, 1.82) is 0 Å². The highest BCUT2D eigenvalue weighted by molar-refractivity contribution is 5.94. The maximum atomic E-state index is 12.9. The van der Waals surface area contributed by atoms with Gasteiger partial charge in [0.1, 0.15) is 28.8 Å². The molecule has 0 aliphatic heterocycles. The van der Waals surface area contributed by atoms with Crippen molar-refractivity contribution in [3.63, 3.8) is 0 Å². The summed E-state index contributed by atoms with van der Waals surface area (Å²) in [6, 6.07) is 29.1. The average molecular weight is 681 g/mol. The summed E-state index contributed by atoms with van der Waals surface area (Å²) in [7, 11) is 6.55. The number of methoxy groups -OCH3 is 4. The Balaban J connectivity index is 1.51. The maximum absolute atomic E-state index is 12.9. The molecule has 0 radical (unpaired) electrons. The van der Waals surface area contributed by atoms with E-state index >= 15 is 0 Å². The van der Waals surface area contributed by atoms with Gasteiger partial charge in [0.25, 0.3) is 5.91 Å². The van der Waals surface area contributed by atoms with Crippen LogP contribution < -0.4 is 30.0 Å². The molecule has 0 saturated carbocycles. The van der Waals surface area contributed by atoms with Crippen molar-refractivity contribution >= 4 is 5.91 Å². The minimum absolute atomic E-state index is 0.174. The summed E-state index contributed by atoms with van der Waals surface area (Å²) < 4.78 is 35.2. The number of hydrogen-bond donors (Lipinski definition) is 2. The van der Waals surface area contributed by atoms with Crippen LogP contribution in [-0.2, 0) is 16.0 Å². The zero-order valence-corrected chi connectivity index (χ0v) is 28.9. The Bertz CT molecular complexity index is 1800. The summed E-state index contributed by atoms with van der Waals surface area (Å²) in [6.45, 7) is 3.13. The minimum Gasteiger partial charge on any atom is -0.497 e. The molecule has 0 aliphatic rings. The second-order valence-electron chi connectivity index (χ2n) is 11.2. The number of nitrogens with zero attached hydrogens (tertiary/aromatic N) is 2. The van der Waals surface area contributed by atoms with E-state index in [1.54, 1.807) is 28.4 Å². The van der Waals surface area contributed by atoms with E-state index in [1.165, 1.54) is 0 Å². The minimum atomic E-state index is -0.174. The van der Waals surface area contributed by atoms with Crippen LogP contribution >= 0.6 is 0 Å². The molecule has 5 aromatic rings.